The summed E-state index contributed by atoms with van der Waals surface area (Å²) >= 11 is 0. The number of nitrogens with zero attached hydrogens (tertiary/aromatic N) is 2. The third-order valence-electron chi connectivity index (χ3n) is 4.25. The van der Waals surface area contributed by atoms with E-state index in [9.17, 15) is 17.6 Å². The summed E-state index contributed by atoms with van der Waals surface area (Å²) in [5.41, 5.74) is 1.44. The number of carbonyl (C=O) groups is 1. The van der Waals surface area contributed by atoms with Gasteiger partial charge in [-0.2, -0.15) is 5.26 Å². The van der Waals surface area contributed by atoms with Gasteiger partial charge in [-0.1, -0.05) is 30.3 Å². The molecule has 30 heavy (non-hydrogen) atoms. The highest BCUT2D eigenvalue weighted by Crippen LogP contribution is 2.24. The quantitative estimate of drug-likeness (QED) is 0.627. The molecule has 1 N–H and O–H groups in total. The van der Waals surface area contributed by atoms with Crippen LogP contribution in [0.5, 0.6) is 0 Å². The number of nitrogens with one attached hydrogen (secondary N) is 1. The van der Waals surface area contributed by atoms with E-state index >= 15 is 0 Å². The maximum Gasteiger partial charge on any atom is 0.264 e. The molecule has 152 valence electrons. The molecule has 0 unspecified atom stereocenters. The Kier molecular flexibility index (Phi) is 6.45. The number of rotatable bonds is 7. The van der Waals surface area contributed by atoms with E-state index in [4.69, 9.17) is 5.26 Å². The number of hydrogen-bond acceptors (Lipinski definition) is 4. The number of carbonyl (C=O) groups excluding carboxylic acids is 1. The van der Waals surface area contributed by atoms with E-state index in [0.717, 1.165) is 22.0 Å². The van der Waals surface area contributed by atoms with E-state index in [1.807, 2.05) is 6.07 Å². The van der Waals surface area contributed by atoms with Gasteiger partial charge in [0.2, 0.25) is 5.91 Å². The van der Waals surface area contributed by atoms with Crippen LogP contribution in [0.15, 0.2) is 83.8 Å². The lowest BCUT2D eigenvalue weighted by Crippen LogP contribution is -2.38. The van der Waals surface area contributed by atoms with Crippen LogP contribution in [0.1, 0.15) is 5.56 Å². The van der Waals surface area contributed by atoms with Gasteiger partial charge in [0, 0.05) is 5.69 Å². The van der Waals surface area contributed by atoms with Crippen molar-refractivity contribution in [2.75, 3.05) is 16.2 Å². The monoisotopic (exact) mass is 423 g/mol. The molecule has 6 nitrogen and oxygen atoms in total. The van der Waals surface area contributed by atoms with Crippen LogP contribution >= 0.6 is 0 Å². The molecule has 0 radical (unpaired) electrons. The molecule has 0 saturated carbocycles. The minimum atomic E-state index is -4.05. The second-order valence-corrected chi connectivity index (χ2v) is 8.24. The van der Waals surface area contributed by atoms with Crippen molar-refractivity contribution in [3.63, 3.8) is 0 Å². The zero-order chi connectivity index (χ0) is 21.6. The number of nitriles is 1. The lowest BCUT2D eigenvalue weighted by Gasteiger charge is -2.24. The Morgan fingerprint density at radius 3 is 2.20 bits per heavy atom. The molecule has 8 heteroatoms. The van der Waals surface area contributed by atoms with Crippen molar-refractivity contribution in [1.82, 2.24) is 0 Å². The molecule has 0 spiro atoms. The number of sulfonamides is 1. The van der Waals surface area contributed by atoms with Crippen molar-refractivity contribution in [2.45, 2.75) is 11.3 Å². The summed E-state index contributed by atoms with van der Waals surface area (Å²) in [6.45, 7) is -0.497. The molecule has 1 amide bonds. The largest absolute Gasteiger partial charge is 0.325 e. The van der Waals surface area contributed by atoms with Gasteiger partial charge in [-0.05, 0) is 54.1 Å². The number of anilines is 2. The number of hydrogen-bond donors (Lipinski definition) is 1. The van der Waals surface area contributed by atoms with Gasteiger partial charge in [-0.15, -0.1) is 0 Å². The van der Waals surface area contributed by atoms with Crippen molar-refractivity contribution in [2.24, 2.45) is 0 Å². The molecule has 0 saturated heterocycles. The maximum atomic E-state index is 13.3. The molecular formula is C22H18FN3O3S. The van der Waals surface area contributed by atoms with E-state index in [2.05, 4.69) is 5.32 Å². The first kappa shape index (κ1) is 21.0. The van der Waals surface area contributed by atoms with Crippen molar-refractivity contribution in [3.8, 4) is 6.07 Å². The summed E-state index contributed by atoms with van der Waals surface area (Å²) in [5.74, 6) is -1.08. The van der Waals surface area contributed by atoms with Gasteiger partial charge < -0.3 is 5.32 Å². The van der Waals surface area contributed by atoms with Crippen molar-refractivity contribution >= 4 is 27.3 Å². The third kappa shape index (κ3) is 5.01. The average Bonchev–Trinajstić information content (AvgIpc) is 2.75. The van der Waals surface area contributed by atoms with Gasteiger partial charge in [-0.3, -0.25) is 9.10 Å². The Bertz CT molecular complexity index is 1160. The molecule has 0 aliphatic heterocycles. The standard InChI is InChI=1S/C22H18FN3O3S/c23-18-8-12-20(13-9-18)26(30(28,29)21-4-2-1-3-5-21)16-22(27)25-19-10-6-17(7-11-19)14-15-24/h1-13H,14,16H2,(H,25,27). The Morgan fingerprint density at radius 1 is 0.967 bits per heavy atom. The van der Waals surface area contributed by atoms with E-state index in [-0.39, 0.29) is 17.0 Å². The maximum absolute atomic E-state index is 13.3. The van der Waals surface area contributed by atoms with E-state index in [0.29, 0.717) is 5.69 Å². The first-order valence-corrected chi connectivity index (χ1v) is 10.4. The molecule has 0 fully saturated rings. The van der Waals surface area contributed by atoms with Crippen LogP contribution in [0, 0.1) is 17.1 Å². The van der Waals surface area contributed by atoms with Crippen LogP contribution in [-0.4, -0.2) is 20.9 Å². The summed E-state index contributed by atoms with van der Waals surface area (Å²) in [5, 5.41) is 11.4. The molecule has 0 aromatic heterocycles. The summed E-state index contributed by atoms with van der Waals surface area (Å²) in [6, 6.07) is 21.3. The van der Waals surface area contributed by atoms with Crippen molar-refractivity contribution in [1.29, 1.82) is 5.26 Å². The van der Waals surface area contributed by atoms with E-state index in [1.165, 1.54) is 24.3 Å². The summed E-state index contributed by atoms with van der Waals surface area (Å²) in [6.07, 6.45) is 0.252. The predicted molar refractivity (Wildman–Crippen MR) is 112 cm³/mol. The van der Waals surface area contributed by atoms with Crippen LogP contribution in [-0.2, 0) is 21.2 Å². The molecule has 0 heterocycles. The Morgan fingerprint density at radius 2 is 1.60 bits per heavy atom. The topological polar surface area (TPSA) is 90.3 Å². The van der Waals surface area contributed by atoms with Gasteiger partial charge >= 0.3 is 0 Å². The smallest absolute Gasteiger partial charge is 0.264 e. The molecule has 0 atom stereocenters. The van der Waals surface area contributed by atoms with Gasteiger partial charge in [0.15, 0.2) is 0 Å². The molecule has 3 aromatic rings. The Hall–Kier alpha value is -3.70. The highest BCUT2D eigenvalue weighted by molar-refractivity contribution is 7.92. The first-order chi connectivity index (χ1) is 14.4. The van der Waals surface area contributed by atoms with Gasteiger partial charge in [-0.25, -0.2) is 12.8 Å². The Labute approximate surface area is 174 Å². The second-order valence-electron chi connectivity index (χ2n) is 6.38. The number of halogens is 1. The SMILES string of the molecule is N#CCc1ccc(NC(=O)CN(c2ccc(F)cc2)S(=O)(=O)c2ccccc2)cc1. The van der Waals surface area contributed by atoms with Crippen LogP contribution in [0.3, 0.4) is 0 Å². The fourth-order valence-electron chi connectivity index (χ4n) is 2.77. The zero-order valence-corrected chi connectivity index (χ0v) is 16.6. The fraction of sp³-hybridized carbons (Fsp3) is 0.0909. The average molecular weight is 423 g/mol. The Balaban J connectivity index is 1.86. The molecule has 3 aromatic carbocycles. The third-order valence-corrected chi connectivity index (χ3v) is 6.04. The van der Waals surface area contributed by atoms with Crippen LogP contribution in [0.4, 0.5) is 15.8 Å². The highest BCUT2D eigenvalue weighted by Gasteiger charge is 2.27. The summed E-state index contributed by atoms with van der Waals surface area (Å²) in [7, 11) is -4.05. The lowest BCUT2D eigenvalue weighted by atomic mass is 10.1. The second kappa shape index (κ2) is 9.20. The predicted octanol–water partition coefficient (Wildman–Crippen LogP) is 3.73. The van der Waals surface area contributed by atoms with E-state index < -0.39 is 28.3 Å². The lowest BCUT2D eigenvalue weighted by molar-refractivity contribution is -0.114. The van der Waals surface area contributed by atoms with Crippen molar-refractivity contribution in [3.05, 3.63) is 90.2 Å². The normalized spacial score (nSPS) is 10.8. The fourth-order valence-corrected chi connectivity index (χ4v) is 4.21. The van der Waals surface area contributed by atoms with Crippen LogP contribution < -0.4 is 9.62 Å². The molecule has 0 aliphatic rings. The van der Waals surface area contributed by atoms with Crippen LogP contribution in [0.25, 0.3) is 0 Å². The zero-order valence-electron chi connectivity index (χ0n) is 15.8. The first-order valence-electron chi connectivity index (χ1n) is 8.99. The molecule has 3 rings (SSSR count). The molecule has 0 bridgehead atoms. The minimum absolute atomic E-state index is 0.0166. The van der Waals surface area contributed by atoms with E-state index in [1.54, 1.807) is 42.5 Å². The number of benzene rings is 3. The minimum Gasteiger partial charge on any atom is -0.325 e. The van der Waals surface area contributed by atoms with Gasteiger partial charge in [0.05, 0.1) is 23.1 Å². The number of amides is 1. The van der Waals surface area contributed by atoms with Crippen LogP contribution in [0.2, 0.25) is 0 Å². The summed E-state index contributed by atoms with van der Waals surface area (Å²) < 4.78 is 40.6. The van der Waals surface area contributed by atoms with Gasteiger partial charge in [0.25, 0.3) is 10.0 Å². The molecule has 0 aliphatic carbocycles. The molecular weight excluding hydrogens is 405 g/mol. The van der Waals surface area contributed by atoms with Crippen molar-refractivity contribution < 1.29 is 17.6 Å². The van der Waals surface area contributed by atoms with Gasteiger partial charge in [0.1, 0.15) is 12.4 Å². The highest BCUT2D eigenvalue weighted by atomic mass is 32.2. The summed E-state index contributed by atoms with van der Waals surface area (Å²) in [4.78, 5) is 12.6.